The predicted octanol–water partition coefficient (Wildman–Crippen LogP) is 5.03. The van der Waals surface area contributed by atoms with Gasteiger partial charge in [0.25, 0.3) is 5.91 Å². The minimum atomic E-state index is -4.61. The fourth-order valence-corrected chi connectivity index (χ4v) is 3.84. The average molecular weight is 520 g/mol. The number of aryl methyl sites for hydroxylation is 1. The zero-order chi connectivity index (χ0) is 25.9. The van der Waals surface area contributed by atoms with Crippen LogP contribution in [-0.2, 0) is 6.18 Å². The molecule has 3 aromatic rings. The lowest BCUT2D eigenvalue weighted by molar-refractivity contribution is -0.138. The molecule has 0 spiro atoms. The van der Waals surface area contributed by atoms with E-state index >= 15 is 0 Å². The Balaban J connectivity index is 1.33. The summed E-state index contributed by atoms with van der Waals surface area (Å²) in [6.07, 6.45) is -5.36. The maximum absolute atomic E-state index is 13.3. The van der Waals surface area contributed by atoms with E-state index in [0.717, 1.165) is 11.6 Å². The van der Waals surface area contributed by atoms with E-state index < -0.39 is 23.7 Å². The van der Waals surface area contributed by atoms with Crippen LogP contribution in [0.3, 0.4) is 0 Å². The second kappa shape index (κ2) is 10.4. The number of ether oxygens (including phenoxy) is 1. The predicted molar refractivity (Wildman–Crippen MR) is 127 cm³/mol. The minimum absolute atomic E-state index is 0.0143. The summed E-state index contributed by atoms with van der Waals surface area (Å²) in [6, 6.07) is 12.8. The Bertz CT molecular complexity index is 1260. The largest absolute Gasteiger partial charge is 0.418 e. The number of alkyl halides is 3. The van der Waals surface area contributed by atoms with Gasteiger partial charge in [0, 0.05) is 43.0 Å². The highest BCUT2D eigenvalue weighted by Crippen LogP contribution is 2.32. The molecule has 36 heavy (non-hydrogen) atoms. The number of carbonyl (C=O) groups is 2. The lowest BCUT2D eigenvalue weighted by Crippen LogP contribution is -2.49. The Morgan fingerprint density at radius 1 is 1.00 bits per heavy atom. The Kier molecular flexibility index (Phi) is 7.30. The molecular weight excluding hydrogens is 499 g/mol. The van der Waals surface area contributed by atoms with Crippen LogP contribution in [-0.4, -0.2) is 53.3 Å². The summed E-state index contributed by atoms with van der Waals surface area (Å²) in [7, 11) is 0. The van der Waals surface area contributed by atoms with Gasteiger partial charge >= 0.3 is 12.3 Å². The number of anilines is 2. The number of hydrogen-bond donors (Lipinski definition) is 1. The van der Waals surface area contributed by atoms with Crippen molar-refractivity contribution in [3.8, 4) is 5.88 Å². The van der Waals surface area contributed by atoms with Gasteiger partial charge in [0.05, 0.1) is 11.1 Å². The number of benzene rings is 2. The van der Waals surface area contributed by atoms with Crippen LogP contribution in [0.1, 0.15) is 21.5 Å². The zero-order valence-electron chi connectivity index (χ0n) is 19.1. The lowest BCUT2D eigenvalue weighted by Gasteiger charge is -2.35. The first-order valence-electron chi connectivity index (χ1n) is 10.9. The number of carbonyl (C=O) groups excluding carboxylic acids is 2. The van der Waals surface area contributed by atoms with Gasteiger partial charge in [-0.2, -0.15) is 13.2 Å². The van der Waals surface area contributed by atoms with Crippen molar-refractivity contribution < 1.29 is 27.5 Å². The average Bonchev–Trinajstić information content (AvgIpc) is 2.86. The summed E-state index contributed by atoms with van der Waals surface area (Å²) in [5.41, 5.74) is -0.0115. The van der Waals surface area contributed by atoms with Crippen molar-refractivity contribution in [2.75, 3.05) is 36.4 Å². The Hall–Kier alpha value is -3.86. The summed E-state index contributed by atoms with van der Waals surface area (Å²) in [5, 5.41) is 11.1. The molecule has 188 valence electrons. The molecular formula is C24H21ClF3N5O3. The van der Waals surface area contributed by atoms with E-state index in [2.05, 4.69) is 15.5 Å². The third-order valence-corrected chi connectivity index (χ3v) is 6.01. The van der Waals surface area contributed by atoms with E-state index in [1.54, 1.807) is 31.2 Å². The molecule has 1 saturated heterocycles. The van der Waals surface area contributed by atoms with Crippen molar-refractivity contribution >= 4 is 35.1 Å². The fraction of sp³-hybridized carbons (Fsp3) is 0.250. The van der Waals surface area contributed by atoms with Crippen molar-refractivity contribution in [3.05, 3.63) is 76.3 Å². The summed E-state index contributed by atoms with van der Waals surface area (Å²) in [6.45, 7) is 2.94. The van der Waals surface area contributed by atoms with E-state index in [-0.39, 0.29) is 24.5 Å². The van der Waals surface area contributed by atoms with Crippen molar-refractivity contribution in [2.24, 2.45) is 0 Å². The number of nitrogens with zero attached hydrogens (tertiary/aromatic N) is 4. The van der Waals surface area contributed by atoms with Gasteiger partial charge in [0.2, 0.25) is 5.88 Å². The number of piperazine rings is 1. The Morgan fingerprint density at radius 2 is 1.72 bits per heavy atom. The second-order valence-electron chi connectivity index (χ2n) is 8.03. The molecule has 0 bridgehead atoms. The topological polar surface area (TPSA) is 87.7 Å². The Morgan fingerprint density at radius 3 is 2.36 bits per heavy atom. The number of nitrogens with one attached hydrogen (secondary N) is 1. The lowest BCUT2D eigenvalue weighted by atomic mass is 10.1. The van der Waals surface area contributed by atoms with Gasteiger partial charge in [-0.25, -0.2) is 4.79 Å². The molecule has 4 rings (SSSR count). The maximum Gasteiger partial charge on any atom is 0.418 e. The second-order valence-corrected chi connectivity index (χ2v) is 8.44. The summed E-state index contributed by atoms with van der Waals surface area (Å²) < 4.78 is 45.0. The normalized spacial score (nSPS) is 13.9. The van der Waals surface area contributed by atoms with Crippen LogP contribution in [0, 0.1) is 6.92 Å². The fourth-order valence-electron chi connectivity index (χ4n) is 3.72. The molecule has 8 nitrogen and oxygen atoms in total. The van der Waals surface area contributed by atoms with E-state index in [1.807, 2.05) is 4.90 Å². The number of hydrogen-bond acceptors (Lipinski definition) is 6. The molecule has 1 aromatic heterocycles. The minimum Gasteiger partial charge on any atom is -0.389 e. The number of rotatable bonds is 4. The molecule has 2 heterocycles. The first kappa shape index (κ1) is 25.2. The van der Waals surface area contributed by atoms with Crippen LogP contribution in [0.4, 0.5) is 29.5 Å². The van der Waals surface area contributed by atoms with Crippen LogP contribution in [0.2, 0.25) is 5.02 Å². The van der Waals surface area contributed by atoms with Gasteiger partial charge in [-0.1, -0.05) is 23.7 Å². The van der Waals surface area contributed by atoms with Gasteiger partial charge < -0.3 is 14.5 Å². The first-order chi connectivity index (χ1) is 17.1. The third kappa shape index (κ3) is 5.85. The van der Waals surface area contributed by atoms with Crippen molar-refractivity contribution in [1.29, 1.82) is 0 Å². The molecule has 1 aliphatic heterocycles. The maximum atomic E-state index is 13.3. The molecule has 1 aliphatic rings. The molecule has 0 atom stereocenters. The van der Waals surface area contributed by atoms with Crippen LogP contribution in [0.25, 0.3) is 0 Å². The molecule has 0 aliphatic carbocycles. The smallest absolute Gasteiger partial charge is 0.389 e. The van der Waals surface area contributed by atoms with Crippen molar-refractivity contribution in [2.45, 2.75) is 13.1 Å². The van der Waals surface area contributed by atoms with Gasteiger partial charge in [0.15, 0.2) is 5.82 Å². The quantitative estimate of drug-likeness (QED) is 0.520. The molecule has 0 unspecified atom stereocenters. The number of aromatic nitrogens is 2. The van der Waals surface area contributed by atoms with Crippen molar-refractivity contribution in [1.82, 2.24) is 15.1 Å². The summed E-state index contributed by atoms with van der Waals surface area (Å²) in [5.74, 6) is -0.197. The molecule has 1 fully saturated rings. The summed E-state index contributed by atoms with van der Waals surface area (Å²) >= 11 is 5.97. The zero-order valence-corrected chi connectivity index (χ0v) is 19.8. The highest BCUT2D eigenvalue weighted by atomic mass is 35.5. The van der Waals surface area contributed by atoms with E-state index in [0.29, 0.717) is 29.6 Å². The van der Waals surface area contributed by atoms with Crippen molar-refractivity contribution in [3.63, 3.8) is 0 Å². The van der Waals surface area contributed by atoms with Crippen LogP contribution >= 0.6 is 11.6 Å². The van der Waals surface area contributed by atoms with Crippen LogP contribution in [0.5, 0.6) is 5.88 Å². The highest BCUT2D eigenvalue weighted by molar-refractivity contribution is 6.31. The van der Waals surface area contributed by atoms with Gasteiger partial charge in [0.1, 0.15) is 0 Å². The monoisotopic (exact) mass is 519 g/mol. The Labute approximate surface area is 209 Å². The van der Waals surface area contributed by atoms with Gasteiger partial charge in [-0.15, -0.1) is 10.2 Å². The molecule has 0 saturated carbocycles. The molecule has 2 aromatic carbocycles. The van der Waals surface area contributed by atoms with E-state index in [9.17, 15) is 22.8 Å². The highest BCUT2D eigenvalue weighted by Gasteiger charge is 2.36. The van der Waals surface area contributed by atoms with E-state index in [1.165, 1.54) is 29.2 Å². The van der Waals surface area contributed by atoms with Gasteiger partial charge in [-0.3, -0.25) is 10.1 Å². The molecule has 2 amide bonds. The third-order valence-electron chi connectivity index (χ3n) is 5.58. The molecule has 1 N–H and O–H groups in total. The standard InChI is InChI=1S/C24H21ClF3N5O3/c1-15-14-16(6-7-19(15)25)29-23(35)36-21-9-8-20(30-31-21)32-10-12-33(13-11-32)22(34)17-4-2-3-5-18(17)24(26,27)28/h2-9,14H,10-13H2,1H3,(H,29,35). The number of amides is 2. The number of halogens is 4. The van der Waals surface area contributed by atoms with E-state index in [4.69, 9.17) is 16.3 Å². The molecule has 12 heteroatoms. The molecule has 0 radical (unpaired) electrons. The first-order valence-corrected chi connectivity index (χ1v) is 11.3. The van der Waals surface area contributed by atoms with Crippen LogP contribution in [0.15, 0.2) is 54.6 Å². The van der Waals surface area contributed by atoms with Gasteiger partial charge in [-0.05, 0) is 48.9 Å². The summed E-state index contributed by atoms with van der Waals surface area (Å²) in [4.78, 5) is 28.1. The SMILES string of the molecule is Cc1cc(NC(=O)Oc2ccc(N3CCN(C(=O)c4ccccc4C(F)(F)F)CC3)nn2)ccc1Cl. The van der Waals surface area contributed by atoms with Crippen LogP contribution < -0.4 is 15.0 Å².